The number of carbonyl (C=O) groups is 1. The van der Waals surface area contributed by atoms with Crippen molar-refractivity contribution in [2.24, 2.45) is 0 Å². The minimum Gasteiger partial charge on any atom is -0.506 e. The Balaban J connectivity index is 1.56. The van der Waals surface area contributed by atoms with Crippen LogP contribution in [-0.2, 0) is 0 Å². The van der Waals surface area contributed by atoms with Crippen molar-refractivity contribution in [3.63, 3.8) is 0 Å². The van der Waals surface area contributed by atoms with Gasteiger partial charge in [-0.15, -0.1) is 5.10 Å². The number of phenolic OH excluding ortho intramolecular Hbond substituents is 1. The lowest BCUT2D eigenvalue weighted by atomic mass is 10.0. The van der Waals surface area contributed by atoms with E-state index in [9.17, 15) is 9.90 Å². The number of nitrogens with one attached hydrogen (secondary N) is 1. The number of carbonyl (C=O) groups excluding carboxylic acids is 1. The lowest BCUT2D eigenvalue weighted by Gasteiger charge is -2.32. The molecule has 2 aromatic rings. The number of aromatic hydroxyl groups is 1. The van der Waals surface area contributed by atoms with Crippen LogP contribution >= 0.6 is 11.6 Å². The second-order valence-corrected chi connectivity index (χ2v) is 5.89. The van der Waals surface area contributed by atoms with Gasteiger partial charge in [-0.1, -0.05) is 11.6 Å². The van der Waals surface area contributed by atoms with Crippen LogP contribution in [0.1, 0.15) is 23.2 Å². The molecule has 0 spiro atoms. The summed E-state index contributed by atoms with van der Waals surface area (Å²) >= 11 is 5.75. The number of nitrogens with zero attached hydrogens (tertiary/aromatic N) is 3. The molecular weight excluding hydrogens is 316 g/mol. The summed E-state index contributed by atoms with van der Waals surface area (Å²) in [4.78, 5) is 14.4. The van der Waals surface area contributed by atoms with Gasteiger partial charge in [0.1, 0.15) is 5.75 Å². The lowest BCUT2D eigenvalue weighted by Crippen LogP contribution is -2.45. The Hall–Kier alpha value is -2.34. The molecular formula is C16H17ClN4O2. The Labute approximate surface area is 139 Å². The van der Waals surface area contributed by atoms with Crippen LogP contribution in [0.15, 0.2) is 36.5 Å². The van der Waals surface area contributed by atoms with Crippen molar-refractivity contribution < 1.29 is 9.90 Å². The molecule has 1 fully saturated rings. The average molecular weight is 333 g/mol. The van der Waals surface area contributed by atoms with Gasteiger partial charge in [-0.05, 0) is 43.2 Å². The number of benzene rings is 1. The van der Waals surface area contributed by atoms with Gasteiger partial charge in [-0.2, -0.15) is 5.10 Å². The van der Waals surface area contributed by atoms with Crippen molar-refractivity contribution in [2.75, 3.05) is 18.0 Å². The maximum absolute atomic E-state index is 12.2. The number of halogens is 1. The van der Waals surface area contributed by atoms with Gasteiger partial charge in [0.05, 0.1) is 5.02 Å². The SMILES string of the molecule is O=C(NC1CCN(c2cccnn2)CC1)c1ccc(Cl)c(O)c1. The first-order valence-corrected chi connectivity index (χ1v) is 7.83. The minimum absolute atomic E-state index is 0.0863. The Morgan fingerprint density at radius 2 is 2.09 bits per heavy atom. The normalized spacial score (nSPS) is 15.4. The Bertz CT molecular complexity index is 688. The molecule has 0 saturated carbocycles. The second-order valence-electron chi connectivity index (χ2n) is 5.48. The summed E-state index contributed by atoms with van der Waals surface area (Å²) in [6.45, 7) is 1.63. The molecule has 0 atom stereocenters. The summed E-state index contributed by atoms with van der Waals surface area (Å²) in [6.07, 6.45) is 3.32. The number of hydrogen-bond donors (Lipinski definition) is 2. The van der Waals surface area contributed by atoms with Crippen LogP contribution in [0.3, 0.4) is 0 Å². The van der Waals surface area contributed by atoms with Crippen molar-refractivity contribution in [3.8, 4) is 5.75 Å². The molecule has 0 aliphatic carbocycles. The number of amides is 1. The number of aromatic nitrogens is 2. The summed E-state index contributed by atoms with van der Waals surface area (Å²) in [5, 5.41) is 20.8. The van der Waals surface area contributed by atoms with Gasteiger partial charge in [0.25, 0.3) is 5.91 Å². The minimum atomic E-state index is -0.199. The summed E-state index contributed by atoms with van der Waals surface area (Å²) in [5.41, 5.74) is 0.406. The molecule has 1 aliphatic heterocycles. The van der Waals surface area contributed by atoms with E-state index >= 15 is 0 Å². The third-order valence-electron chi connectivity index (χ3n) is 3.92. The first-order chi connectivity index (χ1) is 11.1. The van der Waals surface area contributed by atoms with Gasteiger partial charge in [0.2, 0.25) is 0 Å². The van der Waals surface area contributed by atoms with Crippen LogP contribution in [-0.4, -0.2) is 40.3 Å². The third-order valence-corrected chi connectivity index (χ3v) is 4.24. The molecule has 23 heavy (non-hydrogen) atoms. The van der Waals surface area contributed by atoms with Gasteiger partial charge in [-0.25, -0.2) is 0 Å². The van der Waals surface area contributed by atoms with E-state index < -0.39 is 0 Å². The molecule has 3 rings (SSSR count). The highest BCUT2D eigenvalue weighted by Crippen LogP contribution is 2.24. The smallest absolute Gasteiger partial charge is 0.251 e. The van der Waals surface area contributed by atoms with E-state index in [-0.39, 0.29) is 22.7 Å². The predicted molar refractivity (Wildman–Crippen MR) is 87.9 cm³/mol. The van der Waals surface area contributed by atoms with E-state index in [0.29, 0.717) is 5.56 Å². The highest BCUT2D eigenvalue weighted by molar-refractivity contribution is 6.32. The number of rotatable bonds is 3. The number of hydrogen-bond acceptors (Lipinski definition) is 5. The zero-order chi connectivity index (χ0) is 16.2. The third kappa shape index (κ3) is 3.71. The molecule has 0 radical (unpaired) electrons. The first kappa shape index (κ1) is 15.6. The van der Waals surface area contributed by atoms with E-state index in [4.69, 9.17) is 11.6 Å². The molecule has 0 bridgehead atoms. The molecule has 1 saturated heterocycles. The molecule has 1 aromatic heterocycles. The van der Waals surface area contributed by atoms with Crippen LogP contribution < -0.4 is 10.2 Å². The highest BCUT2D eigenvalue weighted by atomic mass is 35.5. The van der Waals surface area contributed by atoms with Crippen molar-refractivity contribution in [1.29, 1.82) is 0 Å². The van der Waals surface area contributed by atoms with Crippen LogP contribution in [0.25, 0.3) is 0 Å². The quantitative estimate of drug-likeness (QED) is 0.901. The maximum atomic E-state index is 12.2. The Morgan fingerprint density at radius 1 is 1.30 bits per heavy atom. The van der Waals surface area contributed by atoms with Crippen molar-refractivity contribution >= 4 is 23.3 Å². The van der Waals surface area contributed by atoms with Crippen molar-refractivity contribution in [1.82, 2.24) is 15.5 Å². The molecule has 1 aliphatic rings. The largest absolute Gasteiger partial charge is 0.506 e. The van der Waals surface area contributed by atoms with Gasteiger partial charge >= 0.3 is 0 Å². The highest BCUT2D eigenvalue weighted by Gasteiger charge is 2.22. The van der Waals surface area contributed by atoms with Gasteiger partial charge < -0.3 is 15.3 Å². The molecule has 7 heteroatoms. The van der Waals surface area contributed by atoms with Crippen LogP contribution in [0.5, 0.6) is 5.75 Å². The summed E-state index contributed by atoms with van der Waals surface area (Å²) in [7, 11) is 0. The monoisotopic (exact) mass is 332 g/mol. The van der Waals surface area contributed by atoms with Gasteiger partial charge in [-0.3, -0.25) is 4.79 Å². The standard InChI is InChI=1S/C16H17ClN4O2/c17-13-4-3-11(10-14(13)22)16(23)19-12-5-8-21(9-6-12)15-2-1-7-18-20-15/h1-4,7,10,12,22H,5-6,8-9H2,(H,19,23). The van der Waals surface area contributed by atoms with Gasteiger partial charge in [0, 0.05) is 30.9 Å². The van der Waals surface area contributed by atoms with Crippen molar-refractivity contribution in [2.45, 2.75) is 18.9 Å². The predicted octanol–water partition coefficient (Wildman–Crippen LogP) is 2.23. The summed E-state index contributed by atoms with van der Waals surface area (Å²) in [6, 6.07) is 8.40. The Kier molecular flexibility index (Phi) is 4.62. The molecule has 1 amide bonds. The zero-order valence-corrected chi connectivity index (χ0v) is 13.2. The lowest BCUT2D eigenvalue weighted by molar-refractivity contribution is 0.0930. The molecule has 2 N–H and O–H groups in total. The van der Waals surface area contributed by atoms with Crippen LogP contribution in [0.2, 0.25) is 5.02 Å². The molecule has 2 heterocycles. The number of piperidine rings is 1. The second kappa shape index (κ2) is 6.83. The topological polar surface area (TPSA) is 78.4 Å². The molecule has 120 valence electrons. The molecule has 6 nitrogen and oxygen atoms in total. The average Bonchev–Trinajstić information content (AvgIpc) is 2.59. The fourth-order valence-corrected chi connectivity index (χ4v) is 2.76. The maximum Gasteiger partial charge on any atom is 0.251 e. The zero-order valence-electron chi connectivity index (χ0n) is 12.4. The van der Waals surface area contributed by atoms with Crippen LogP contribution in [0.4, 0.5) is 5.82 Å². The fourth-order valence-electron chi connectivity index (χ4n) is 2.64. The summed E-state index contributed by atoms with van der Waals surface area (Å²) in [5.74, 6) is 0.576. The van der Waals surface area contributed by atoms with Crippen LogP contribution in [0, 0.1) is 0 Å². The molecule has 0 unspecified atom stereocenters. The number of anilines is 1. The first-order valence-electron chi connectivity index (χ1n) is 7.45. The van der Waals surface area contributed by atoms with E-state index in [2.05, 4.69) is 20.4 Å². The number of phenols is 1. The fraction of sp³-hybridized carbons (Fsp3) is 0.312. The van der Waals surface area contributed by atoms with E-state index in [1.54, 1.807) is 12.3 Å². The van der Waals surface area contributed by atoms with E-state index in [1.807, 2.05) is 12.1 Å². The summed E-state index contributed by atoms with van der Waals surface area (Å²) < 4.78 is 0. The Morgan fingerprint density at radius 3 is 2.74 bits per heavy atom. The van der Waals surface area contributed by atoms with Gasteiger partial charge in [0.15, 0.2) is 5.82 Å². The van der Waals surface area contributed by atoms with E-state index in [0.717, 1.165) is 31.7 Å². The molecule has 1 aromatic carbocycles. The van der Waals surface area contributed by atoms with E-state index in [1.165, 1.54) is 12.1 Å². The van der Waals surface area contributed by atoms with Crippen molar-refractivity contribution in [3.05, 3.63) is 47.1 Å².